The number of nitrogens with one attached hydrogen (secondary N) is 2. The number of amides is 3. The van der Waals surface area contributed by atoms with E-state index in [-0.39, 0.29) is 64.6 Å². The van der Waals surface area contributed by atoms with Gasteiger partial charge in [0, 0.05) is 79.1 Å². The number of ether oxygens (including phenoxy) is 1. The van der Waals surface area contributed by atoms with Crippen LogP contribution in [-0.4, -0.2) is 131 Å². The van der Waals surface area contributed by atoms with Gasteiger partial charge in [0.15, 0.2) is 23.4 Å². The number of anilines is 2. The van der Waals surface area contributed by atoms with E-state index in [2.05, 4.69) is 26.6 Å². The van der Waals surface area contributed by atoms with E-state index >= 15 is 0 Å². The number of piperidine rings is 3. The number of benzene rings is 3. The standard InChI is InChI=1S/C49H49ClN8O10S2/c1-49(2)20-30(53-29-6-3-5-28(19-29)44-42(50)43(68-25-40(60)61)45(69-44)48(64)65)15-18-57(49)70(66,67)26-31-23-56-24-32(21-52-38(56)22-51-31)55-16-13-27(14-17-55)33-9-10-36-41-34(33)7-4-8-35(41)47(63)58(36)37-11-12-39(59)54-46(37)62/h3-10,19,21-24,27,30,37-38,53H,11-18,20,25-26H2,1-2H3,(H,60,61)(H,64,65)(H,54,59,62). The van der Waals surface area contributed by atoms with E-state index in [9.17, 15) is 37.5 Å². The molecule has 0 radical (unpaired) electrons. The molecule has 364 valence electrons. The highest BCUT2D eigenvalue weighted by Crippen LogP contribution is 2.47. The molecule has 0 saturated carbocycles. The van der Waals surface area contributed by atoms with Crippen molar-refractivity contribution in [2.75, 3.05) is 42.2 Å². The van der Waals surface area contributed by atoms with Gasteiger partial charge in [-0.05, 0) is 92.6 Å². The number of imide groups is 1. The molecule has 0 aliphatic carbocycles. The van der Waals surface area contributed by atoms with Crippen molar-refractivity contribution < 1.29 is 47.3 Å². The van der Waals surface area contributed by atoms with Gasteiger partial charge in [0.05, 0.1) is 22.0 Å². The van der Waals surface area contributed by atoms with E-state index in [1.807, 2.05) is 61.5 Å². The van der Waals surface area contributed by atoms with E-state index in [4.69, 9.17) is 26.4 Å². The highest BCUT2D eigenvalue weighted by atomic mass is 35.5. The van der Waals surface area contributed by atoms with Crippen LogP contribution in [0.4, 0.5) is 11.4 Å². The van der Waals surface area contributed by atoms with Crippen molar-refractivity contribution in [2.45, 2.75) is 82.1 Å². The molecule has 3 atom stereocenters. The molecule has 6 aliphatic rings. The molecule has 18 nitrogen and oxygen atoms in total. The fourth-order valence-electron chi connectivity index (χ4n) is 10.7. The van der Waals surface area contributed by atoms with Crippen molar-refractivity contribution in [3.05, 3.63) is 99.4 Å². The maximum atomic E-state index is 14.2. The summed E-state index contributed by atoms with van der Waals surface area (Å²) in [5.41, 5.74) is 4.29. The maximum Gasteiger partial charge on any atom is 0.349 e. The second-order valence-electron chi connectivity index (χ2n) is 18.8. The highest BCUT2D eigenvalue weighted by Gasteiger charge is 2.43. The Balaban J connectivity index is 0.771. The van der Waals surface area contributed by atoms with E-state index in [1.54, 1.807) is 39.8 Å². The number of carbonyl (C=O) groups is 5. The van der Waals surface area contributed by atoms with Gasteiger partial charge in [-0.15, -0.1) is 11.3 Å². The fraction of sp³-hybridized carbons (Fsp3) is 0.367. The van der Waals surface area contributed by atoms with Crippen LogP contribution in [0.5, 0.6) is 5.75 Å². The number of sulfonamides is 1. The van der Waals surface area contributed by atoms with Crippen LogP contribution in [0.2, 0.25) is 5.02 Å². The summed E-state index contributed by atoms with van der Waals surface area (Å²) in [6.45, 7) is 4.83. The Kier molecular flexibility index (Phi) is 12.3. The molecule has 3 aromatic carbocycles. The molecular weight excluding hydrogens is 960 g/mol. The van der Waals surface area contributed by atoms with E-state index < -0.39 is 52.2 Å². The third-order valence-corrected chi connectivity index (χ3v) is 17.5. The zero-order chi connectivity index (χ0) is 49.2. The van der Waals surface area contributed by atoms with Crippen molar-refractivity contribution in [1.29, 1.82) is 0 Å². The van der Waals surface area contributed by atoms with Crippen molar-refractivity contribution in [3.8, 4) is 16.2 Å². The molecule has 0 spiro atoms. The van der Waals surface area contributed by atoms with Crippen LogP contribution in [0.1, 0.15) is 83.9 Å². The number of rotatable bonds is 13. The number of likely N-dealkylation sites (tertiary alicyclic amines) is 1. The first-order valence-corrected chi connectivity index (χ1v) is 25.8. The summed E-state index contributed by atoms with van der Waals surface area (Å²) >= 11 is 7.43. The number of halogens is 1. The molecule has 21 heteroatoms. The number of carboxylic acid groups (broad SMARTS) is 2. The zero-order valence-corrected chi connectivity index (χ0v) is 40.5. The molecule has 4 aromatic rings. The predicted octanol–water partition coefficient (Wildman–Crippen LogP) is 6.49. The molecule has 1 aromatic heterocycles. The normalized spacial score (nSPS) is 22.5. The molecule has 3 amide bonds. The third kappa shape index (κ3) is 8.81. The maximum absolute atomic E-state index is 14.2. The number of fused-ring (bicyclic) bond motifs is 1. The average molecular weight is 1010 g/mol. The van der Waals surface area contributed by atoms with Gasteiger partial charge in [-0.1, -0.05) is 41.9 Å². The SMILES string of the molecule is CC1(C)CC(Nc2cccc(-c3sc(C(=O)O)c(OCC(=O)O)c3Cl)c2)CCN1S(=O)(=O)CC1=CN2C=C(N3CCC(c4ccc5c6c(cccc46)C(=O)N5C4CCC(=O)NC4=O)CC3)C=NC2C=N1. The van der Waals surface area contributed by atoms with Crippen LogP contribution >= 0.6 is 22.9 Å². The molecule has 6 aliphatic heterocycles. The lowest BCUT2D eigenvalue weighted by Crippen LogP contribution is -2.56. The quantitative estimate of drug-likeness (QED) is 0.105. The van der Waals surface area contributed by atoms with Gasteiger partial charge >= 0.3 is 11.9 Å². The number of aliphatic carboxylic acids is 1. The average Bonchev–Trinajstić information content (AvgIpc) is 3.81. The van der Waals surface area contributed by atoms with E-state index in [0.717, 1.165) is 65.0 Å². The first kappa shape index (κ1) is 47.1. The summed E-state index contributed by atoms with van der Waals surface area (Å²) in [5, 5.41) is 26.6. The van der Waals surface area contributed by atoms with E-state index in [1.165, 1.54) is 0 Å². The second kappa shape index (κ2) is 18.3. The molecule has 4 N–H and O–H groups in total. The zero-order valence-electron chi connectivity index (χ0n) is 38.1. The van der Waals surface area contributed by atoms with Crippen LogP contribution in [-0.2, 0) is 24.4 Å². The lowest BCUT2D eigenvalue weighted by molar-refractivity contribution is -0.139. The molecule has 3 unspecified atom stereocenters. The van der Waals surface area contributed by atoms with Gasteiger partial charge in [-0.3, -0.25) is 34.6 Å². The molecule has 3 saturated heterocycles. The van der Waals surface area contributed by atoms with Crippen molar-refractivity contribution in [2.24, 2.45) is 9.98 Å². The lowest BCUT2D eigenvalue weighted by Gasteiger charge is -2.45. The summed E-state index contributed by atoms with van der Waals surface area (Å²) in [5.74, 6) is -3.84. The van der Waals surface area contributed by atoms with Crippen LogP contribution in [0, 0.1) is 0 Å². The first-order chi connectivity index (χ1) is 33.5. The second-order valence-corrected chi connectivity index (χ2v) is 22.1. The number of aliphatic imine (C=N–C) groups is 2. The minimum absolute atomic E-state index is 0.00539. The summed E-state index contributed by atoms with van der Waals surface area (Å²) in [4.78, 5) is 76.7. The molecular formula is C49H49ClN8O10S2. The van der Waals surface area contributed by atoms with Crippen LogP contribution in [0.25, 0.3) is 21.2 Å². The number of carboxylic acids is 2. The van der Waals surface area contributed by atoms with Gasteiger partial charge in [0.25, 0.3) is 5.91 Å². The minimum Gasteiger partial charge on any atom is -0.479 e. The fourth-order valence-corrected chi connectivity index (χ4v) is 13.9. The van der Waals surface area contributed by atoms with Gasteiger partial charge in [-0.2, -0.15) is 4.31 Å². The Labute approximate surface area is 412 Å². The van der Waals surface area contributed by atoms with E-state index in [0.29, 0.717) is 40.2 Å². The van der Waals surface area contributed by atoms with Gasteiger partial charge < -0.3 is 30.1 Å². The summed E-state index contributed by atoms with van der Waals surface area (Å²) < 4.78 is 35.1. The number of nitrogens with zero attached hydrogens (tertiary/aromatic N) is 6. The highest BCUT2D eigenvalue weighted by molar-refractivity contribution is 7.89. The van der Waals surface area contributed by atoms with Gasteiger partial charge in [-0.25, -0.2) is 18.0 Å². The number of allylic oxidation sites excluding steroid dienone is 1. The van der Waals surface area contributed by atoms with Gasteiger partial charge in [0.1, 0.15) is 16.8 Å². The Morgan fingerprint density at radius 1 is 1.00 bits per heavy atom. The number of hydrogen-bond donors (Lipinski definition) is 4. The Morgan fingerprint density at radius 3 is 2.53 bits per heavy atom. The molecule has 0 bridgehead atoms. The Bertz CT molecular complexity index is 3120. The monoisotopic (exact) mass is 1010 g/mol. The van der Waals surface area contributed by atoms with Crippen LogP contribution in [0.15, 0.2) is 88.4 Å². The number of hydrogen-bond acceptors (Lipinski definition) is 14. The largest absolute Gasteiger partial charge is 0.479 e. The number of thiophene rings is 1. The summed E-state index contributed by atoms with van der Waals surface area (Å²) in [7, 11) is -3.83. The molecule has 7 heterocycles. The number of carbonyl (C=O) groups excluding carboxylic acids is 3. The van der Waals surface area contributed by atoms with Crippen LogP contribution in [0.3, 0.4) is 0 Å². The van der Waals surface area contributed by atoms with Crippen LogP contribution < -0.4 is 20.3 Å². The minimum atomic E-state index is -3.83. The smallest absolute Gasteiger partial charge is 0.349 e. The van der Waals surface area contributed by atoms with Crippen molar-refractivity contribution in [3.63, 3.8) is 0 Å². The molecule has 3 fully saturated rings. The third-order valence-electron chi connectivity index (χ3n) is 13.8. The van der Waals surface area contributed by atoms with Crippen molar-refractivity contribution in [1.82, 2.24) is 19.4 Å². The predicted molar refractivity (Wildman–Crippen MR) is 265 cm³/mol. The summed E-state index contributed by atoms with van der Waals surface area (Å²) in [6.07, 6.45) is 10.0. The summed E-state index contributed by atoms with van der Waals surface area (Å²) in [6, 6.07) is 16.1. The number of aromatic carboxylic acids is 1. The van der Waals surface area contributed by atoms with Gasteiger partial charge in [0.2, 0.25) is 21.8 Å². The first-order valence-electron chi connectivity index (χ1n) is 23.0. The molecule has 70 heavy (non-hydrogen) atoms. The van der Waals surface area contributed by atoms with Crippen molar-refractivity contribution >= 4 is 97.2 Å². The Hall–Kier alpha value is -6.61. The molecule has 10 rings (SSSR count). The topological polar surface area (TPSA) is 231 Å². The lowest BCUT2D eigenvalue weighted by atomic mass is 9.85. The Morgan fingerprint density at radius 2 is 1.79 bits per heavy atom.